The fourth-order valence-electron chi connectivity index (χ4n) is 1.56. The molecule has 0 fully saturated rings. The molecule has 14 heavy (non-hydrogen) atoms. The van der Waals surface area contributed by atoms with Gasteiger partial charge >= 0.3 is 0 Å². The lowest BCUT2D eigenvalue weighted by atomic mass is 10.1. The van der Waals surface area contributed by atoms with Crippen molar-refractivity contribution in [3.8, 4) is 0 Å². The van der Waals surface area contributed by atoms with E-state index >= 15 is 0 Å². The average molecular weight is 277 g/mol. The Hall–Kier alpha value is 0.1000. The normalized spacial score (nSPS) is 15.9. The van der Waals surface area contributed by atoms with E-state index in [4.69, 9.17) is 5.73 Å². The number of hydrogen-bond acceptors (Lipinski definition) is 3. The Labute approximate surface area is 98.2 Å². The van der Waals surface area contributed by atoms with Crippen LogP contribution in [0.4, 0.5) is 0 Å². The van der Waals surface area contributed by atoms with Crippen LogP contribution in [0, 0.1) is 0 Å². The number of rotatable bonds is 4. The van der Waals surface area contributed by atoms with Crippen molar-refractivity contribution in [1.29, 1.82) is 0 Å². The standard InChI is InChI=1S/C10H17BrN2S/c1-4-13(3)10(7(2)12)9-5-8(11)6-14-9/h5-7,10H,4,12H2,1-3H3. The van der Waals surface area contributed by atoms with Gasteiger partial charge in [-0.1, -0.05) is 6.92 Å². The number of hydrogen-bond donors (Lipinski definition) is 1. The summed E-state index contributed by atoms with van der Waals surface area (Å²) in [6, 6.07) is 2.65. The maximum absolute atomic E-state index is 6.00. The first-order chi connectivity index (χ1) is 6.56. The molecule has 0 spiro atoms. The summed E-state index contributed by atoms with van der Waals surface area (Å²) in [5.41, 5.74) is 6.00. The molecule has 0 saturated carbocycles. The molecule has 0 aromatic carbocycles. The number of nitrogens with two attached hydrogens (primary N) is 1. The van der Waals surface area contributed by atoms with Gasteiger partial charge in [0, 0.05) is 20.8 Å². The fourth-order valence-corrected chi connectivity index (χ4v) is 3.28. The average Bonchev–Trinajstić information content (AvgIpc) is 2.51. The first kappa shape index (κ1) is 12.2. The number of nitrogens with zero attached hydrogens (tertiary/aromatic N) is 1. The minimum atomic E-state index is 0.158. The summed E-state index contributed by atoms with van der Waals surface area (Å²) in [6.45, 7) is 5.23. The molecule has 0 amide bonds. The molecule has 1 heterocycles. The number of halogens is 1. The lowest BCUT2D eigenvalue weighted by molar-refractivity contribution is 0.233. The SMILES string of the molecule is CCN(C)C(c1cc(Br)cs1)C(C)N. The minimum Gasteiger partial charge on any atom is -0.326 e. The summed E-state index contributed by atoms with van der Waals surface area (Å²) < 4.78 is 1.15. The van der Waals surface area contributed by atoms with Crippen molar-refractivity contribution in [2.45, 2.75) is 25.9 Å². The van der Waals surface area contributed by atoms with Gasteiger partial charge < -0.3 is 5.73 Å². The molecule has 1 rings (SSSR count). The summed E-state index contributed by atoms with van der Waals surface area (Å²) in [5.74, 6) is 0. The second-order valence-electron chi connectivity index (χ2n) is 3.54. The minimum absolute atomic E-state index is 0.158. The van der Waals surface area contributed by atoms with Crippen molar-refractivity contribution < 1.29 is 0 Å². The molecule has 2 unspecified atom stereocenters. The van der Waals surface area contributed by atoms with Crippen molar-refractivity contribution in [3.05, 3.63) is 20.8 Å². The quantitative estimate of drug-likeness (QED) is 0.917. The predicted molar refractivity (Wildman–Crippen MR) is 66.7 cm³/mol. The molecular formula is C10H17BrN2S. The molecule has 1 aromatic heterocycles. The maximum atomic E-state index is 6.00. The third-order valence-electron chi connectivity index (χ3n) is 2.35. The maximum Gasteiger partial charge on any atom is 0.0588 e. The zero-order valence-corrected chi connectivity index (χ0v) is 11.2. The third-order valence-corrected chi connectivity index (χ3v) is 4.12. The lowest BCUT2D eigenvalue weighted by Crippen LogP contribution is -2.36. The van der Waals surface area contributed by atoms with Gasteiger partial charge in [0.05, 0.1) is 6.04 Å². The molecule has 2 nitrogen and oxygen atoms in total. The van der Waals surface area contributed by atoms with Gasteiger partial charge in [0.15, 0.2) is 0 Å². The van der Waals surface area contributed by atoms with Crippen LogP contribution in [0.25, 0.3) is 0 Å². The zero-order valence-electron chi connectivity index (χ0n) is 8.83. The summed E-state index contributed by atoms with van der Waals surface area (Å²) in [6.07, 6.45) is 0. The fraction of sp³-hybridized carbons (Fsp3) is 0.600. The van der Waals surface area contributed by atoms with E-state index in [1.165, 1.54) is 4.88 Å². The Morgan fingerprint density at radius 3 is 2.64 bits per heavy atom. The first-order valence-corrected chi connectivity index (χ1v) is 6.43. The van der Waals surface area contributed by atoms with Crippen LogP contribution < -0.4 is 5.73 Å². The van der Waals surface area contributed by atoms with E-state index in [0.29, 0.717) is 6.04 Å². The van der Waals surface area contributed by atoms with Gasteiger partial charge in [-0.3, -0.25) is 4.90 Å². The second-order valence-corrected chi connectivity index (χ2v) is 5.40. The number of likely N-dealkylation sites (N-methyl/N-ethyl adjacent to an activating group) is 1. The lowest BCUT2D eigenvalue weighted by Gasteiger charge is -2.29. The Bertz CT molecular complexity index is 285. The largest absolute Gasteiger partial charge is 0.326 e. The molecule has 4 heteroatoms. The van der Waals surface area contributed by atoms with E-state index in [1.54, 1.807) is 11.3 Å². The summed E-state index contributed by atoms with van der Waals surface area (Å²) in [5, 5.41) is 2.11. The van der Waals surface area contributed by atoms with E-state index in [-0.39, 0.29) is 6.04 Å². The highest BCUT2D eigenvalue weighted by atomic mass is 79.9. The molecule has 0 saturated heterocycles. The van der Waals surface area contributed by atoms with Crippen LogP contribution in [0.5, 0.6) is 0 Å². The Balaban J connectivity index is 2.88. The summed E-state index contributed by atoms with van der Waals surface area (Å²) >= 11 is 5.23. The molecule has 0 aliphatic rings. The van der Waals surface area contributed by atoms with Gasteiger partial charge in [0.25, 0.3) is 0 Å². The molecule has 0 radical (unpaired) electrons. The molecule has 80 valence electrons. The van der Waals surface area contributed by atoms with E-state index in [9.17, 15) is 0 Å². The van der Waals surface area contributed by atoms with Crippen LogP contribution in [0.3, 0.4) is 0 Å². The molecule has 1 aromatic rings. The van der Waals surface area contributed by atoms with Crippen LogP contribution >= 0.6 is 27.3 Å². The van der Waals surface area contributed by atoms with Gasteiger partial charge in [-0.2, -0.15) is 0 Å². The molecule has 2 N–H and O–H groups in total. The van der Waals surface area contributed by atoms with Crippen molar-refractivity contribution in [2.24, 2.45) is 5.73 Å². The van der Waals surface area contributed by atoms with E-state index in [2.05, 4.69) is 53.2 Å². The van der Waals surface area contributed by atoms with Crippen molar-refractivity contribution in [1.82, 2.24) is 4.90 Å². The van der Waals surface area contributed by atoms with E-state index in [1.807, 2.05) is 0 Å². The highest BCUT2D eigenvalue weighted by Crippen LogP contribution is 2.30. The van der Waals surface area contributed by atoms with Gasteiger partial charge in [0.2, 0.25) is 0 Å². The summed E-state index contributed by atoms with van der Waals surface area (Å²) in [7, 11) is 2.11. The molecule has 0 aliphatic carbocycles. The first-order valence-electron chi connectivity index (χ1n) is 4.76. The van der Waals surface area contributed by atoms with Gasteiger partial charge in [0.1, 0.15) is 0 Å². The third kappa shape index (κ3) is 2.79. The van der Waals surface area contributed by atoms with Crippen LogP contribution in [-0.2, 0) is 0 Å². The summed E-state index contributed by atoms with van der Waals surface area (Å²) in [4.78, 5) is 3.61. The molecule has 2 atom stereocenters. The van der Waals surface area contributed by atoms with Crippen molar-refractivity contribution in [3.63, 3.8) is 0 Å². The number of thiophene rings is 1. The van der Waals surface area contributed by atoms with E-state index < -0.39 is 0 Å². The van der Waals surface area contributed by atoms with Crippen LogP contribution in [0.15, 0.2) is 15.9 Å². The second kappa shape index (κ2) is 5.26. The molecule has 0 aliphatic heterocycles. The van der Waals surface area contributed by atoms with Gasteiger partial charge in [-0.25, -0.2) is 0 Å². The van der Waals surface area contributed by atoms with Gasteiger partial charge in [-0.05, 0) is 42.5 Å². The Kier molecular flexibility index (Phi) is 4.57. The van der Waals surface area contributed by atoms with Gasteiger partial charge in [-0.15, -0.1) is 11.3 Å². The van der Waals surface area contributed by atoms with E-state index in [0.717, 1.165) is 11.0 Å². The highest BCUT2D eigenvalue weighted by molar-refractivity contribution is 9.10. The smallest absolute Gasteiger partial charge is 0.0588 e. The Morgan fingerprint density at radius 2 is 2.29 bits per heavy atom. The molecular weight excluding hydrogens is 260 g/mol. The predicted octanol–water partition coefficient (Wildman–Crippen LogP) is 2.85. The molecule has 0 bridgehead atoms. The topological polar surface area (TPSA) is 29.3 Å². The van der Waals surface area contributed by atoms with Crippen LogP contribution in [0.2, 0.25) is 0 Å². The zero-order chi connectivity index (χ0) is 10.7. The van der Waals surface area contributed by atoms with Crippen molar-refractivity contribution in [2.75, 3.05) is 13.6 Å². The Morgan fingerprint density at radius 1 is 1.64 bits per heavy atom. The van der Waals surface area contributed by atoms with Crippen LogP contribution in [0.1, 0.15) is 24.8 Å². The highest BCUT2D eigenvalue weighted by Gasteiger charge is 2.21. The van der Waals surface area contributed by atoms with Crippen LogP contribution in [-0.4, -0.2) is 24.5 Å². The van der Waals surface area contributed by atoms with Crippen molar-refractivity contribution >= 4 is 27.3 Å². The monoisotopic (exact) mass is 276 g/mol.